The average Bonchev–Trinajstić information content (AvgIpc) is 2.01. The van der Waals surface area contributed by atoms with Crippen LogP contribution in [-0.2, 0) is 2.14 Å². The summed E-state index contributed by atoms with van der Waals surface area (Å²) in [7, 11) is 0. The van der Waals surface area contributed by atoms with Gasteiger partial charge in [0.15, 0.2) is 2.14 Å². The van der Waals surface area contributed by atoms with Crippen LogP contribution >= 0.6 is 63.7 Å². The summed E-state index contributed by atoms with van der Waals surface area (Å²) in [5.74, 6) is 0.552. The van der Waals surface area contributed by atoms with E-state index in [1.54, 1.807) is 0 Å². The number of rotatable bonds is 1. The second-order valence-corrected chi connectivity index (χ2v) is 11.0. The third-order valence-electron chi connectivity index (χ3n) is 1.97. The fourth-order valence-corrected chi connectivity index (χ4v) is 3.65. The minimum absolute atomic E-state index is 0.346. The lowest BCUT2D eigenvalue weighted by Crippen LogP contribution is -2.00. The summed E-state index contributed by atoms with van der Waals surface area (Å²) in [6, 6.07) is 6.39. The molecule has 0 aliphatic heterocycles. The van der Waals surface area contributed by atoms with Crippen molar-refractivity contribution in [3.05, 3.63) is 33.8 Å². The van der Waals surface area contributed by atoms with Gasteiger partial charge in [-0.3, -0.25) is 0 Å². The summed E-state index contributed by atoms with van der Waals surface area (Å²) in [6.07, 6.45) is 0. The van der Waals surface area contributed by atoms with Gasteiger partial charge in [-0.25, -0.2) is 0 Å². The first-order chi connectivity index (χ1) is 6.32. The molecule has 4 heteroatoms. The number of hydrogen-bond acceptors (Lipinski definition) is 0. The average molecular weight is 450 g/mol. The minimum Gasteiger partial charge on any atom is -0.0587 e. The monoisotopic (exact) mass is 446 g/mol. The first-order valence-electron chi connectivity index (χ1n) is 4.19. The zero-order valence-corrected chi connectivity index (χ0v) is 14.2. The summed E-state index contributed by atoms with van der Waals surface area (Å²) in [5, 5.41) is 0. The van der Waals surface area contributed by atoms with Crippen molar-refractivity contribution in [1.82, 2.24) is 0 Å². The van der Waals surface area contributed by atoms with Gasteiger partial charge in [0.1, 0.15) is 0 Å². The molecule has 0 spiro atoms. The molecule has 1 aromatic rings. The Morgan fingerprint density at radius 3 is 2.07 bits per heavy atom. The zero-order valence-electron chi connectivity index (χ0n) is 7.82. The van der Waals surface area contributed by atoms with Gasteiger partial charge >= 0.3 is 0 Å². The maximum absolute atomic E-state index is 3.56. The Kier molecular flexibility index (Phi) is 4.70. The SMILES string of the molecule is CC(C)c1ccc(C(Br)(Br)Br)c(Br)c1. The topological polar surface area (TPSA) is 0 Å². The zero-order chi connectivity index (χ0) is 10.9. The molecule has 0 nitrogen and oxygen atoms in total. The Bertz CT molecular complexity index is 325. The van der Waals surface area contributed by atoms with E-state index in [9.17, 15) is 0 Å². The van der Waals surface area contributed by atoms with E-state index in [-0.39, 0.29) is 2.14 Å². The molecule has 0 unspecified atom stereocenters. The smallest absolute Gasteiger partial charge is 0.0587 e. The molecular weight excluding hydrogens is 440 g/mol. The Labute approximate surface area is 118 Å². The van der Waals surface area contributed by atoms with Gasteiger partial charge in [0.25, 0.3) is 0 Å². The summed E-state index contributed by atoms with van der Waals surface area (Å²) >= 11 is 14.1. The number of benzene rings is 1. The van der Waals surface area contributed by atoms with Crippen molar-refractivity contribution in [2.45, 2.75) is 21.9 Å². The van der Waals surface area contributed by atoms with Gasteiger partial charge in [-0.1, -0.05) is 89.7 Å². The molecule has 0 aliphatic rings. The molecule has 0 aromatic heterocycles. The molecule has 0 heterocycles. The van der Waals surface area contributed by atoms with Crippen LogP contribution in [0.5, 0.6) is 0 Å². The maximum Gasteiger partial charge on any atom is 0.160 e. The number of hydrogen-bond donors (Lipinski definition) is 0. The first kappa shape index (κ1) is 13.2. The highest BCUT2D eigenvalue weighted by Gasteiger charge is 2.23. The summed E-state index contributed by atoms with van der Waals surface area (Å²) < 4.78 is 0.746. The van der Waals surface area contributed by atoms with Crippen molar-refractivity contribution in [1.29, 1.82) is 0 Å². The Morgan fingerprint density at radius 2 is 1.71 bits per heavy atom. The fraction of sp³-hybridized carbons (Fsp3) is 0.400. The fourth-order valence-electron chi connectivity index (χ4n) is 1.12. The van der Waals surface area contributed by atoms with E-state index < -0.39 is 0 Å². The third-order valence-corrected chi connectivity index (χ3v) is 3.90. The predicted octanol–water partition coefficient (Wildman–Crippen LogP) is 5.87. The van der Waals surface area contributed by atoms with Crippen molar-refractivity contribution >= 4 is 63.7 Å². The predicted molar refractivity (Wildman–Crippen MR) is 76.7 cm³/mol. The van der Waals surface area contributed by atoms with Crippen LogP contribution in [0.1, 0.15) is 30.9 Å². The number of alkyl halides is 3. The van der Waals surface area contributed by atoms with Gasteiger partial charge in [0.05, 0.1) is 0 Å². The molecular formula is C10H10Br4. The van der Waals surface area contributed by atoms with Crippen molar-refractivity contribution < 1.29 is 0 Å². The molecule has 0 atom stereocenters. The highest BCUT2D eigenvalue weighted by Crippen LogP contribution is 2.47. The molecule has 14 heavy (non-hydrogen) atoms. The van der Waals surface area contributed by atoms with Crippen LogP contribution in [0.4, 0.5) is 0 Å². The third kappa shape index (κ3) is 3.32. The van der Waals surface area contributed by atoms with Crippen LogP contribution in [0.25, 0.3) is 0 Å². The lowest BCUT2D eigenvalue weighted by Gasteiger charge is -2.16. The largest absolute Gasteiger partial charge is 0.160 e. The van der Waals surface area contributed by atoms with Crippen molar-refractivity contribution in [2.75, 3.05) is 0 Å². The van der Waals surface area contributed by atoms with Crippen LogP contribution in [0.3, 0.4) is 0 Å². The van der Waals surface area contributed by atoms with E-state index >= 15 is 0 Å². The first-order valence-corrected chi connectivity index (χ1v) is 7.36. The molecule has 1 rings (SSSR count). The summed E-state index contributed by atoms with van der Waals surface area (Å²) in [5.41, 5.74) is 2.46. The molecule has 1 aromatic carbocycles. The second kappa shape index (κ2) is 4.98. The maximum atomic E-state index is 3.56. The van der Waals surface area contributed by atoms with Gasteiger partial charge in [-0.15, -0.1) is 0 Å². The van der Waals surface area contributed by atoms with Crippen molar-refractivity contribution in [2.24, 2.45) is 0 Å². The molecule has 0 bridgehead atoms. The lowest BCUT2D eigenvalue weighted by atomic mass is 10.0. The molecule has 78 valence electrons. The van der Waals surface area contributed by atoms with Crippen molar-refractivity contribution in [3.63, 3.8) is 0 Å². The molecule has 0 fully saturated rings. The highest BCUT2D eigenvalue weighted by atomic mass is 80.0. The van der Waals surface area contributed by atoms with Crippen LogP contribution < -0.4 is 0 Å². The van der Waals surface area contributed by atoms with E-state index in [1.165, 1.54) is 5.56 Å². The Morgan fingerprint density at radius 1 is 1.14 bits per heavy atom. The van der Waals surface area contributed by atoms with E-state index in [4.69, 9.17) is 0 Å². The number of halogens is 4. The van der Waals surface area contributed by atoms with E-state index in [0.717, 1.165) is 10.0 Å². The normalized spacial score (nSPS) is 12.2. The molecule has 0 saturated heterocycles. The van der Waals surface area contributed by atoms with Gasteiger partial charge in [-0.05, 0) is 17.5 Å². The molecule has 0 amide bonds. The summed E-state index contributed by atoms with van der Waals surface area (Å²) in [4.78, 5) is 0. The summed E-state index contributed by atoms with van der Waals surface area (Å²) in [6.45, 7) is 4.37. The molecule has 0 radical (unpaired) electrons. The standard InChI is InChI=1S/C10H10Br4/c1-6(2)7-3-4-8(9(11)5-7)10(12,13)14/h3-6H,1-2H3. The van der Waals surface area contributed by atoms with Crippen LogP contribution in [0.2, 0.25) is 0 Å². The quantitative estimate of drug-likeness (QED) is 0.471. The second-order valence-electron chi connectivity index (χ2n) is 3.39. The van der Waals surface area contributed by atoms with Crippen LogP contribution in [-0.4, -0.2) is 0 Å². The van der Waals surface area contributed by atoms with Gasteiger partial charge < -0.3 is 0 Å². The van der Waals surface area contributed by atoms with Crippen molar-refractivity contribution in [3.8, 4) is 0 Å². The van der Waals surface area contributed by atoms with Gasteiger partial charge in [0.2, 0.25) is 0 Å². The highest BCUT2D eigenvalue weighted by molar-refractivity contribution is 9.38. The Balaban J connectivity index is 3.15. The molecule has 0 aliphatic carbocycles. The Hall–Kier alpha value is 1.14. The van der Waals surface area contributed by atoms with Crippen LogP contribution in [0.15, 0.2) is 22.7 Å². The van der Waals surface area contributed by atoms with Gasteiger partial charge in [-0.2, -0.15) is 0 Å². The van der Waals surface area contributed by atoms with E-state index in [2.05, 4.69) is 95.8 Å². The van der Waals surface area contributed by atoms with E-state index in [1.807, 2.05) is 0 Å². The molecule has 0 N–H and O–H groups in total. The lowest BCUT2D eigenvalue weighted by molar-refractivity contribution is 0.864. The van der Waals surface area contributed by atoms with Gasteiger partial charge in [0, 0.05) is 10.0 Å². The molecule has 0 saturated carbocycles. The van der Waals surface area contributed by atoms with E-state index in [0.29, 0.717) is 5.92 Å². The minimum atomic E-state index is -0.346. The van der Waals surface area contributed by atoms with Crippen LogP contribution in [0, 0.1) is 0 Å².